The number of alkyl halides is 5. The molecule has 2 unspecified atom stereocenters. The molecule has 3 aromatic rings. The van der Waals surface area contributed by atoms with Crippen LogP contribution in [0.1, 0.15) is 79.9 Å². The maximum absolute atomic E-state index is 14.0. The third-order valence-corrected chi connectivity index (χ3v) is 7.91. The van der Waals surface area contributed by atoms with Crippen molar-refractivity contribution >= 4 is 17.5 Å². The van der Waals surface area contributed by atoms with E-state index in [4.69, 9.17) is 0 Å². The predicted molar refractivity (Wildman–Crippen MR) is 135 cm³/mol. The molecule has 0 spiro atoms. The Balaban J connectivity index is 1.40. The number of amides is 2. The standard InChI is InChI=1S/C26H31F5N8O2/c1-14(2)39-20(12-33-37-39)24(41)35-22(15-5-7-25(27,28)8-6-15)19-13-38-21(34-19)4-3-18(36-38)10-16-9-17(26(29,30)31)11-32-23(16)40/h3-4,12-17,22H,5-11H2,1-2H3,(H,32,40)(H,35,41)/t16?,17-,22?/m1/s1. The van der Waals surface area contributed by atoms with Gasteiger partial charge in [0, 0.05) is 37.8 Å². The number of piperidine rings is 1. The molecule has 15 heteroatoms. The summed E-state index contributed by atoms with van der Waals surface area (Å²) in [6.45, 7) is 3.25. The van der Waals surface area contributed by atoms with Crippen molar-refractivity contribution in [2.75, 3.05) is 6.54 Å². The molecule has 2 aliphatic rings. The molecular weight excluding hydrogens is 551 g/mol. The molecule has 1 saturated carbocycles. The van der Waals surface area contributed by atoms with Gasteiger partial charge in [-0.25, -0.2) is 23.0 Å². The van der Waals surface area contributed by atoms with Crippen molar-refractivity contribution in [2.24, 2.45) is 17.8 Å². The molecule has 3 atom stereocenters. The van der Waals surface area contributed by atoms with Crippen LogP contribution in [0.25, 0.3) is 5.65 Å². The molecule has 1 aliphatic carbocycles. The third kappa shape index (κ3) is 6.32. The number of carbonyl (C=O) groups is 2. The number of nitrogens with one attached hydrogen (secondary N) is 2. The highest BCUT2D eigenvalue weighted by molar-refractivity contribution is 5.92. The minimum atomic E-state index is -4.41. The van der Waals surface area contributed by atoms with Gasteiger partial charge in [0.15, 0.2) is 5.65 Å². The Morgan fingerprint density at radius 3 is 2.63 bits per heavy atom. The molecule has 1 aliphatic heterocycles. The number of hydrogen-bond donors (Lipinski definition) is 2. The lowest BCUT2D eigenvalue weighted by Crippen LogP contribution is -2.47. The monoisotopic (exact) mass is 582 g/mol. The van der Waals surface area contributed by atoms with Crippen LogP contribution in [0.5, 0.6) is 0 Å². The Morgan fingerprint density at radius 1 is 1.22 bits per heavy atom. The molecule has 222 valence electrons. The SMILES string of the molecule is CC(C)n1nncc1C(=O)NC(c1cn2nc(CC3C[C@@H](C(F)(F)F)CNC3=O)ccc2n1)C1CCC(F)(F)CC1. The van der Waals surface area contributed by atoms with Gasteiger partial charge >= 0.3 is 6.18 Å². The van der Waals surface area contributed by atoms with Gasteiger partial charge in [-0.3, -0.25) is 9.59 Å². The smallest absolute Gasteiger partial charge is 0.355 e. The average molecular weight is 583 g/mol. The zero-order valence-electron chi connectivity index (χ0n) is 22.5. The molecule has 2 amide bonds. The Bertz CT molecular complexity index is 1410. The highest BCUT2D eigenvalue weighted by Gasteiger charge is 2.45. The molecule has 10 nitrogen and oxygen atoms in total. The molecule has 5 rings (SSSR count). The molecule has 2 N–H and O–H groups in total. The number of aromatic nitrogens is 6. The lowest BCUT2D eigenvalue weighted by atomic mass is 9.81. The maximum atomic E-state index is 14.0. The fraction of sp³-hybridized carbons (Fsp3) is 0.615. The zero-order valence-corrected chi connectivity index (χ0v) is 22.5. The van der Waals surface area contributed by atoms with E-state index in [1.165, 1.54) is 15.4 Å². The predicted octanol–water partition coefficient (Wildman–Crippen LogP) is 4.06. The molecule has 2 fully saturated rings. The van der Waals surface area contributed by atoms with Gasteiger partial charge < -0.3 is 10.6 Å². The summed E-state index contributed by atoms with van der Waals surface area (Å²) in [5.74, 6) is -6.53. The summed E-state index contributed by atoms with van der Waals surface area (Å²) in [4.78, 5) is 30.2. The van der Waals surface area contributed by atoms with E-state index in [0.717, 1.165) is 0 Å². The van der Waals surface area contributed by atoms with E-state index in [2.05, 4.69) is 31.0 Å². The van der Waals surface area contributed by atoms with Crippen molar-refractivity contribution in [3.8, 4) is 0 Å². The minimum absolute atomic E-state index is 0.00588. The number of nitrogens with zero attached hydrogens (tertiary/aromatic N) is 6. The Kier molecular flexibility index (Phi) is 7.72. The fourth-order valence-electron chi connectivity index (χ4n) is 5.61. The first-order valence-corrected chi connectivity index (χ1v) is 13.6. The van der Waals surface area contributed by atoms with E-state index in [9.17, 15) is 31.5 Å². The summed E-state index contributed by atoms with van der Waals surface area (Å²) < 4.78 is 70.6. The summed E-state index contributed by atoms with van der Waals surface area (Å²) in [5.41, 5.74) is 1.43. The topological polar surface area (TPSA) is 119 Å². The van der Waals surface area contributed by atoms with Gasteiger partial charge in [-0.2, -0.15) is 18.3 Å². The van der Waals surface area contributed by atoms with Gasteiger partial charge in [-0.1, -0.05) is 5.21 Å². The second-order valence-electron chi connectivity index (χ2n) is 11.2. The van der Waals surface area contributed by atoms with Crippen LogP contribution in [0.3, 0.4) is 0 Å². The number of imidazole rings is 1. The second kappa shape index (κ2) is 11.0. The molecule has 0 radical (unpaired) electrons. The number of hydrogen-bond acceptors (Lipinski definition) is 6. The maximum Gasteiger partial charge on any atom is 0.393 e. The van der Waals surface area contributed by atoms with E-state index in [-0.39, 0.29) is 56.2 Å². The highest BCUT2D eigenvalue weighted by atomic mass is 19.4. The second-order valence-corrected chi connectivity index (χ2v) is 11.2. The Hall–Kier alpha value is -3.65. The van der Waals surface area contributed by atoms with Gasteiger partial charge in [0.1, 0.15) is 5.69 Å². The normalized spacial score (nSPS) is 22.6. The molecule has 0 bridgehead atoms. The van der Waals surface area contributed by atoms with Crippen LogP contribution in [0, 0.1) is 17.8 Å². The van der Waals surface area contributed by atoms with Gasteiger partial charge in [0.2, 0.25) is 11.8 Å². The average Bonchev–Trinajstić information content (AvgIpc) is 3.55. The van der Waals surface area contributed by atoms with E-state index in [1.807, 2.05) is 13.8 Å². The summed E-state index contributed by atoms with van der Waals surface area (Å²) in [6.07, 6.45) is -2.10. The van der Waals surface area contributed by atoms with Gasteiger partial charge in [-0.15, -0.1) is 5.10 Å². The van der Waals surface area contributed by atoms with Crippen molar-refractivity contribution in [1.82, 2.24) is 40.2 Å². The largest absolute Gasteiger partial charge is 0.393 e. The molecule has 4 heterocycles. The zero-order chi connectivity index (χ0) is 29.5. The van der Waals surface area contributed by atoms with Gasteiger partial charge in [-0.05, 0) is 51.2 Å². The minimum Gasteiger partial charge on any atom is -0.355 e. The van der Waals surface area contributed by atoms with Crippen molar-refractivity contribution in [2.45, 2.75) is 76.6 Å². The van der Waals surface area contributed by atoms with Crippen LogP contribution in [0.15, 0.2) is 24.5 Å². The van der Waals surface area contributed by atoms with Crippen molar-refractivity contribution < 1.29 is 31.5 Å². The van der Waals surface area contributed by atoms with E-state index < -0.39 is 48.3 Å². The Morgan fingerprint density at radius 2 is 1.95 bits per heavy atom. The van der Waals surface area contributed by atoms with Crippen LogP contribution < -0.4 is 10.6 Å². The number of carbonyl (C=O) groups excluding carboxylic acids is 2. The van der Waals surface area contributed by atoms with E-state index in [0.29, 0.717) is 17.0 Å². The summed E-state index contributed by atoms with van der Waals surface area (Å²) in [6, 6.07) is 2.37. The molecular formula is C26H31F5N8O2. The number of halogens is 5. The quantitative estimate of drug-likeness (QED) is 0.406. The fourth-order valence-corrected chi connectivity index (χ4v) is 5.61. The third-order valence-electron chi connectivity index (χ3n) is 7.91. The molecule has 1 saturated heterocycles. The molecule has 3 aromatic heterocycles. The van der Waals surface area contributed by atoms with Crippen LogP contribution in [0.2, 0.25) is 0 Å². The summed E-state index contributed by atoms with van der Waals surface area (Å²) in [5, 5.41) is 17.5. The molecule has 41 heavy (non-hydrogen) atoms. The van der Waals surface area contributed by atoms with Crippen LogP contribution >= 0.6 is 0 Å². The first-order chi connectivity index (χ1) is 19.3. The first-order valence-electron chi connectivity index (χ1n) is 13.6. The van der Waals surface area contributed by atoms with Crippen molar-refractivity contribution in [3.05, 3.63) is 41.6 Å². The van der Waals surface area contributed by atoms with Crippen molar-refractivity contribution in [1.29, 1.82) is 0 Å². The van der Waals surface area contributed by atoms with E-state index >= 15 is 0 Å². The van der Waals surface area contributed by atoms with E-state index in [1.54, 1.807) is 18.3 Å². The lowest BCUT2D eigenvalue weighted by Gasteiger charge is -2.33. The van der Waals surface area contributed by atoms with Crippen molar-refractivity contribution in [3.63, 3.8) is 0 Å². The number of fused-ring (bicyclic) bond motifs is 1. The lowest BCUT2D eigenvalue weighted by molar-refractivity contribution is -0.183. The summed E-state index contributed by atoms with van der Waals surface area (Å²) >= 11 is 0. The van der Waals surface area contributed by atoms with Crippen LogP contribution in [-0.2, 0) is 11.2 Å². The Labute approximate surface area is 232 Å². The van der Waals surface area contributed by atoms with Crippen LogP contribution in [0.4, 0.5) is 22.0 Å². The van der Waals surface area contributed by atoms with Gasteiger partial charge in [0.25, 0.3) is 5.91 Å². The highest BCUT2D eigenvalue weighted by Crippen LogP contribution is 2.41. The van der Waals surface area contributed by atoms with Crippen LogP contribution in [-0.4, -0.2) is 60.0 Å². The first kappa shape index (κ1) is 28.9. The molecule has 0 aromatic carbocycles. The number of rotatable bonds is 7. The van der Waals surface area contributed by atoms with Gasteiger partial charge in [0.05, 0.1) is 35.7 Å². The summed E-state index contributed by atoms with van der Waals surface area (Å²) in [7, 11) is 0.